The summed E-state index contributed by atoms with van der Waals surface area (Å²) in [5, 5.41) is 8.09. The molecular weight excluding hydrogens is 430 g/mol. The molecule has 1 aliphatic carbocycles. The lowest BCUT2D eigenvalue weighted by Gasteiger charge is -2.33. The van der Waals surface area contributed by atoms with Crippen molar-refractivity contribution in [2.45, 2.75) is 64.5 Å². The Morgan fingerprint density at radius 3 is 2.42 bits per heavy atom. The predicted octanol–water partition coefficient (Wildman–Crippen LogP) is 0.586. The van der Waals surface area contributed by atoms with E-state index >= 15 is 0 Å². The van der Waals surface area contributed by atoms with Gasteiger partial charge in [-0.1, -0.05) is 0 Å². The molecule has 2 aliphatic heterocycles. The van der Waals surface area contributed by atoms with E-state index < -0.39 is 23.3 Å². The fourth-order valence-corrected chi connectivity index (χ4v) is 4.26. The van der Waals surface area contributed by atoms with Crippen LogP contribution in [0.4, 0.5) is 9.59 Å². The van der Waals surface area contributed by atoms with E-state index in [0.717, 1.165) is 17.7 Å². The van der Waals surface area contributed by atoms with E-state index in [1.54, 1.807) is 32.6 Å². The summed E-state index contributed by atoms with van der Waals surface area (Å²) in [7, 11) is 0. The summed E-state index contributed by atoms with van der Waals surface area (Å²) in [6, 6.07) is -0.536. The predicted molar refractivity (Wildman–Crippen MR) is 118 cm³/mol. The Balaban J connectivity index is 1.43. The van der Waals surface area contributed by atoms with Crippen molar-refractivity contribution >= 4 is 29.8 Å². The van der Waals surface area contributed by atoms with Crippen LogP contribution in [0.25, 0.3) is 0 Å². The van der Waals surface area contributed by atoms with Gasteiger partial charge < -0.3 is 25.6 Å². The van der Waals surface area contributed by atoms with Gasteiger partial charge in [-0.05, 0) is 59.3 Å². The first-order valence-electron chi connectivity index (χ1n) is 11.6. The number of nitrogens with one attached hydrogen (secondary N) is 3. The molecule has 0 aromatic carbocycles. The molecule has 0 aromatic rings. The molecule has 3 aliphatic rings. The summed E-state index contributed by atoms with van der Waals surface area (Å²) >= 11 is 0. The standard InChI is InChI=1S/C22H35N5O6/c1-21(2,3)33-20(32)24-10-9-23-17(29)14-6-5-11-26(12-14)16(28)13-27-18(30)22(4,15-7-8-15)25-19(27)31/h14-15H,5-13H2,1-4H3,(H,23,29)(H,24,32)(H,25,31). The maximum absolute atomic E-state index is 12.8. The highest BCUT2D eigenvalue weighted by Crippen LogP contribution is 2.42. The van der Waals surface area contributed by atoms with Gasteiger partial charge in [-0.25, -0.2) is 9.59 Å². The van der Waals surface area contributed by atoms with E-state index in [9.17, 15) is 24.0 Å². The molecule has 2 unspecified atom stereocenters. The number of hydrogen-bond donors (Lipinski definition) is 3. The first-order valence-corrected chi connectivity index (χ1v) is 11.6. The van der Waals surface area contributed by atoms with Crippen molar-refractivity contribution < 1.29 is 28.7 Å². The zero-order valence-corrected chi connectivity index (χ0v) is 19.9. The van der Waals surface area contributed by atoms with Crippen LogP contribution in [-0.4, -0.2) is 83.5 Å². The number of carbonyl (C=O) groups excluding carboxylic acids is 5. The van der Waals surface area contributed by atoms with Crippen molar-refractivity contribution in [2.24, 2.45) is 11.8 Å². The summed E-state index contributed by atoms with van der Waals surface area (Å²) < 4.78 is 5.14. The molecule has 11 heteroatoms. The number of amides is 6. The van der Waals surface area contributed by atoms with Crippen molar-refractivity contribution in [1.29, 1.82) is 0 Å². The normalized spacial score (nSPS) is 25.5. The van der Waals surface area contributed by atoms with E-state index in [4.69, 9.17) is 4.74 Å². The molecule has 2 heterocycles. The first-order chi connectivity index (χ1) is 15.4. The highest BCUT2D eigenvalue weighted by atomic mass is 16.6. The minimum Gasteiger partial charge on any atom is -0.444 e. The third-order valence-corrected chi connectivity index (χ3v) is 6.23. The average Bonchev–Trinajstić information content (AvgIpc) is 3.56. The number of carbonyl (C=O) groups is 5. The third kappa shape index (κ3) is 6.14. The largest absolute Gasteiger partial charge is 0.444 e. The molecule has 0 spiro atoms. The molecule has 6 amide bonds. The van der Waals surface area contributed by atoms with Gasteiger partial charge in [0.15, 0.2) is 0 Å². The van der Waals surface area contributed by atoms with Crippen molar-refractivity contribution in [2.75, 3.05) is 32.7 Å². The average molecular weight is 466 g/mol. The highest BCUT2D eigenvalue weighted by Gasteiger charge is 2.56. The van der Waals surface area contributed by atoms with E-state index in [-0.39, 0.29) is 55.7 Å². The fraction of sp³-hybridized carbons (Fsp3) is 0.773. The number of likely N-dealkylation sites (tertiary alicyclic amines) is 1. The van der Waals surface area contributed by atoms with Crippen LogP contribution in [0.5, 0.6) is 0 Å². The minimum absolute atomic E-state index is 0.127. The van der Waals surface area contributed by atoms with E-state index in [1.165, 1.54) is 0 Å². The Labute approximate surface area is 193 Å². The fourth-order valence-electron chi connectivity index (χ4n) is 4.26. The second kappa shape index (κ2) is 9.56. The second-order valence-corrected chi connectivity index (χ2v) is 10.2. The Morgan fingerprint density at radius 1 is 1.12 bits per heavy atom. The van der Waals surface area contributed by atoms with Gasteiger partial charge in [-0.3, -0.25) is 19.3 Å². The highest BCUT2D eigenvalue weighted by molar-refractivity contribution is 6.09. The molecule has 0 aromatic heterocycles. The number of urea groups is 1. The van der Waals surface area contributed by atoms with Crippen LogP contribution in [0.15, 0.2) is 0 Å². The molecule has 3 N–H and O–H groups in total. The maximum atomic E-state index is 12.8. The topological polar surface area (TPSA) is 137 Å². The van der Waals surface area contributed by atoms with Gasteiger partial charge in [0.2, 0.25) is 11.8 Å². The smallest absolute Gasteiger partial charge is 0.407 e. The molecular formula is C22H35N5O6. The van der Waals surface area contributed by atoms with Gasteiger partial charge in [0, 0.05) is 26.2 Å². The second-order valence-electron chi connectivity index (χ2n) is 10.2. The molecule has 184 valence electrons. The summed E-state index contributed by atoms with van der Waals surface area (Å²) in [6.07, 6.45) is 2.52. The minimum atomic E-state index is -0.922. The number of piperidine rings is 1. The van der Waals surface area contributed by atoms with Crippen LogP contribution >= 0.6 is 0 Å². The third-order valence-electron chi connectivity index (χ3n) is 6.23. The zero-order valence-electron chi connectivity index (χ0n) is 19.9. The molecule has 33 heavy (non-hydrogen) atoms. The lowest BCUT2D eigenvalue weighted by Crippen LogP contribution is -2.50. The Kier molecular flexibility index (Phi) is 7.18. The van der Waals surface area contributed by atoms with Crippen LogP contribution in [0.1, 0.15) is 53.4 Å². The van der Waals surface area contributed by atoms with Gasteiger partial charge in [-0.2, -0.15) is 0 Å². The summed E-state index contributed by atoms with van der Waals surface area (Å²) in [5.41, 5.74) is -1.52. The van der Waals surface area contributed by atoms with Gasteiger partial charge in [-0.15, -0.1) is 0 Å². The number of nitrogens with zero attached hydrogens (tertiary/aromatic N) is 2. The van der Waals surface area contributed by atoms with E-state index in [1.807, 2.05) is 0 Å². The van der Waals surface area contributed by atoms with Gasteiger partial charge in [0.1, 0.15) is 17.7 Å². The molecule has 0 radical (unpaired) electrons. The van der Waals surface area contributed by atoms with Crippen molar-refractivity contribution in [1.82, 2.24) is 25.8 Å². The van der Waals surface area contributed by atoms with Crippen LogP contribution in [-0.2, 0) is 19.1 Å². The van der Waals surface area contributed by atoms with Gasteiger partial charge in [0.25, 0.3) is 5.91 Å². The van der Waals surface area contributed by atoms with Crippen LogP contribution in [0, 0.1) is 11.8 Å². The van der Waals surface area contributed by atoms with Crippen LogP contribution in [0.3, 0.4) is 0 Å². The Morgan fingerprint density at radius 2 is 1.79 bits per heavy atom. The maximum Gasteiger partial charge on any atom is 0.407 e. The molecule has 0 bridgehead atoms. The van der Waals surface area contributed by atoms with Crippen LogP contribution < -0.4 is 16.0 Å². The van der Waals surface area contributed by atoms with Crippen LogP contribution in [0.2, 0.25) is 0 Å². The number of hydrogen-bond acceptors (Lipinski definition) is 6. The summed E-state index contributed by atoms with van der Waals surface area (Å²) in [6.45, 7) is 7.87. The molecule has 3 fully saturated rings. The van der Waals surface area contributed by atoms with Crippen molar-refractivity contribution in [3.8, 4) is 0 Å². The van der Waals surface area contributed by atoms with Crippen molar-refractivity contribution in [3.05, 3.63) is 0 Å². The SMILES string of the molecule is CC(C)(C)OC(=O)NCCNC(=O)C1CCCN(C(=O)CN2C(=O)NC(C)(C3CC3)C2=O)C1. The monoisotopic (exact) mass is 465 g/mol. The van der Waals surface area contributed by atoms with E-state index in [2.05, 4.69) is 16.0 Å². The lowest BCUT2D eigenvalue weighted by atomic mass is 9.96. The lowest BCUT2D eigenvalue weighted by molar-refractivity contribution is -0.141. The molecule has 2 saturated heterocycles. The Bertz CT molecular complexity index is 821. The van der Waals surface area contributed by atoms with Crippen molar-refractivity contribution in [3.63, 3.8) is 0 Å². The first kappa shape index (κ1) is 24.8. The quantitative estimate of drug-likeness (QED) is 0.372. The molecule has 2 atom stereocenters. The van der Waals surface area contributed by atoms with Gasteiger partial charge >= 0.3 is 12.1 Å². The summed E-state index contributed by atoms with van der Waals surface area (Å²) in [4.78, 5) is 64.6. The number of ether oxygens (including phenoxy) is 1. The number of imide groups is 1. The molecule has 3 rings (SSSR count). The number of alkyl carbamates (subject to hydrolysis) is 1. The molecule has 11 nitrogen and oxygen atoms in total. The Hall–Kier alpha value is -2.85. The summed E-state index contributed by atoms with van der Waals surface area (Å²) in [5.74, 6) is -1.16. The molecule has 1 saturated carbocycles. The number of rotatable bonds is 7. The van der Waals surface area contributed by atoms with Gasteiger partial charge in [0.05, 0.1) is 5.92 Å². The zero-order chi connectivity index (χ0) is 24.4. The van der Waals surface area contributed by atoms with E-state index in [0.29, 0.717) is 19.4 Å².